The first kappa shape index (κ1) is 42.7. The Labute approximate surface area is 290 Å². The van der Waals surface area contributed by atoms with Gasteiger partial charge in [0.15, 0.2) is 18.9 Å². The molecule has 2 saturated heterocycles. The van der Waals surface area contributed by atoms with Crippen LogP contribution in [0.5, 0.6) is 0 Å². The smallest absolute Gasteiger partial charge is 0.547 e. The zero-order valence-corrected chi connectivity index (χ0v) is 27.2. The van der Waals surface area contributed by atoms with Crippen molar-refractivity contribution in [1.29, 1.82) is 0 Å². The van der Waals surface area contributed by atoms with Gasteiger partial charge in [0.05, 0.1) is 17.9 Å². The van der Waals surface area contributed by atoms with Gasteiger partial charge < -0.3 is 94.3 Å². The second kappa shape index (κ2) is 18.4. The Hall–Kier alpha value is 0.600. The molecular formula is C18H23Na3O19. The van der Waals surface area contributed by atoms with Crippen LogP contribution in [0.2, 0.25) is 0 Å². The van der Waals surface area contributed by atoms with Crippen LogP contribution in [0.1, 0.15) is 0 Å². The molecule has 2 rings (SSSR count). The summed E-state index contributed by atoms with van der Waals surface area (Å²) in [6.07, 6.45) is -33.8. The zero-order valence-electron chi connectivity index (χ0n) is 21.2. The normalized spacial score (nSPS) is 36.7. The van der Waals surface area contributed by atoms with Crippen molar-refractivity contribution in [1.82, 2.24) is 0 Å². The summed E-state index contributed by atoms with van der Waals surface area (Å²) in [4.78, 5) is 44.5. The molecule has 14 atom stereocenters. The van der Waals surface area contributed by atoms with Crippen LogP contribution in [-0.4, -0.2) is 151 Å². The molecule has 8 N–H and O–H groups in total. The topological polar surface area (TPSA) is 336 Å². The van der Waals surface area contributed by atoms with Crippen LogP contribution in [0.3, 0.4) is 0 Å². The SMILES string of the molecule is O=CC(O)[C@H](O)[C@@H](O[C@H]1OC(C(=O)[O-])[C@@H](O[C@@H]2OC(C(=O)[O-])[C@H](O)[C@@H](O)C2O)C(O)[C@H]1O)C(O)C(=O)[O-].[Na+].[Na+].[Na+]. The molecular weight excluding hydrogens is 589 g/mol. The first-order valence-electron chi connectivity index (χ1n) is 10.3. The molecule has 0 bridgehead atoms. The zero-order chi connectivity index (χ0) is 28.4. The molecule has 22 heteroatoms. The van der Waals surface area contributed by atoms with Gasteiger partial charge in [0.2, 0.25) is 0 Å². The van der Waals surface area contributed by atoms with Gasteiger partial charge in [0.1, 0.15) is 73.2 Å². The Bertz CT molecular complexity index is 851. The van der Waals surface area contributed by atoms with E-state index in [0.29, 0.717) is 0 Å². The molecule has 0 aliphatic carbocycles. The van der Waals surface area contributed by atoms with Crippen LogP contribution in [-0.2, 0) is 38.1 Å². The number of aliphatic hydroxyl groups excluding tert-OH is 8. The van der Waals surface area contributed by atoms with E-state index in [1.54, 1.807) is 0 Å². The molecule has 2 fully saturated rings. The molecule has 0 amide bonds. The summed E-state index contributed by atoms with van der Waals surface area (Å²) < 4.78 is 19.5. The average Bonchev–Trinajstić information content (AvgIpc) is 2.84. The third kappa shape index (κ3) is 9.81. The Morgan fingerprint density at radius 3 is 1.65 bits per heavy atom. The van der Waals surface area contributed by atoms with Gasteiger partial charge in [-0.2, -0.15) is 0 Å². The van der Waals surface area contributed by atoms with Crippen molar-refractivity contribution >= 4 is 24.2 Å². The van der Waals surface area contributed by atoms with Crippen molar-refractivity contribution in [2.45, 2.75) is 85.8 Å². The maximum atomic E-state index is 11.6. The van der Waals surface area contributed by atoms with Crippen LogP contribution in [0.15, 0.2) is 0 Å². The fourth-order valence-corrected chi connectivity index (χ4v) is 3.51. The van der Waals surface area contributed by atoms with Crippen molar-refractivity contribution in [3.05, 3.63) is 0 Å². The minimum absolute atomic E-state index is 0. The Kier molecular flexibility index (Phi) is 19.7. The molecule has 19 nitrogen and oxygen atoms in total. The van der Waals surface area contributed by atoms with E-state index in [0.717, 1.165) is 0 Å². The Balaban J connectivity index is 0. The van der Waals surface area contributed by atoms with E-state index in [4.69, 9.17) is 18.9 Å². The minimum Gasteiger partial charge on any atom is -0.547 e. The predicted octanol–water partition coefficient (Wildman–Crippen LogP) is -20.4. The summed E-state index contributed by atoms with van der Waals surface area (Å²) in [6.45, 7) is 0. The van der Waals surface area contributed by atoms with Gasteiger partial charge in [-0.1, -0.05) is 0 Å². The molecule has 2 aliphatic heterocycles. The van der Waals surface area contributed by atoms with Crippen LogP contribution in [0.25, 0.3) is 0 Å². The summed E-state index contributed by atoms with van der Waals surface area (Å²) >= 11 is 0. The standard InChI is InChI=1S/C18H26O19.3Na/c19-1-2(20)3(21)10(9(27)14(28)29)34-18-8(26)6(24)11(13(37-18)16(32)33)35-17-7(25)4(22)5(23)12(36-17)15(30)31;;;/h1-13,17-18,20-27H,(H,28,29)(H,30,31)(H,32,33);;;/q;3*+1/p-3/t2?,3-,4+,5+,6?,7?,8+,9?,10+,11-,12?,13?,17+,18-;;;/m0.../s1. The average molecular weight is 612 g/mol. The Morgan fingerprint density at radius 2 is 1.20 bits per heavy atom. The largest absolute Gasteiger partial charge is 1.00 e. The third-order valence-electron chi connectivity index (χ3n) is 5.54. The fourth-order valence-electron chi connectivity index (χ4n) is 3.51. The number of carbonyl (C=O) groups is 4. The predicted molar refractivity (Wildman–Crippen MR) is 96.2 cm³/mol. The second-order valence-electron chi connectivity index (χ2n) is 8.02. The van der Waals surface area contributed by atoms with E-state index >= 15 is 0 Å². The quantitative estimate of drug-likeness (QED) is 0.0792. The number of aldehydes is 1. The first-order chi connectivity index (χ1) is 17.1. The van der Waals surface area contributed by atoms with E-state index in [1.165, 1.54) is 0 Å². The molecule has 2 heterocycles. The molecule has 0 spiro atoms. The van der Waals surface area contributed by atoms with Gasteiger partial charge in [-0.3, -0.25) is 0 Å². The molecule has 0 aromatic rings. The van der Waals surface area contributed by atoms with E-state index < -0.39 is 104 Å². The summed E-state index contributed by atoms with van der Waals surface area (Å²) in [7, 11) is 0. The van der Waals surface area contributed by atoms with Crippen molar-refractivity contribution < 1.29 is 183 Å². The monoisotopic (exact) mass is 612 g/mol. The van der Waals surface area contributed by atoms with Crippen molar-refractivity contribution in [2.75, 3.05) is 0 Å². The van der Waals surface area contributed by atoms with Gasteiger partial charge in [-0.15, -0.1) is 0 Å². The fraction of sp³-hybridized carbons (Fsp3) is 0.778. The molecule has 212 valence electrons. The van der Waals surface area contributed by atoms with Gasteiger partial charge in [-0.25, -0.2) is 0 Å². The van der Waals surface area contributed by atoms with Crippen molar-refractivity contribution in [3.63, 3.8) is 0 Å². The van der Waals surface area contributed by atoms with E-state index in [2.05, 4.69) is 0 Å². The molecule has 40 heavy (non-hydrogen) atoms. The summed E-state index contributed by atoms with van der Waals surface area (Å²) in [6, 6.07) is 0. The van der Waals surface area contributed by atoms with Gasteiger partial charge in [0.25, 0.3) is 0 Å². The number of rotatable bonds is 11. The molecule has 6 unspecified atom stereocenters. The number of hydrogen-bond acceptors (Lipinski definition) is 19. The summed E-state index contributed by atoms with van der Waals surface area (Å²) in [5.74, 6) is -6.60. The number of aliphatic carboxylic acids is 3. The summed E-state index contributed by atoms with van der Waals surface area (Å²) in [5.41, 5.74) is 0. The molecule has 2 aliphatic rings. The van der Waals surface area contributed by atoms with Crippen LogP contribution < -0.4 is 104 Å². The summed E-state index contributed by atoms with van der Waals surface area (Å²) in [5, 5.41) is 113. The maximum Gasteiger partial charge on any atom is 1.00 e. The number of carboxylic acids is 3. The minimum atomic E-state index is -2.80. The molecule has 0 radical (unpaired) electrons. The van der Waals surface area contributed by atoms with Crippen LogP contribution in [0, 0.1) is 0 Å². The Morgan fingerprint density at radius 1 is 0.725 bits per heavy atom. The van der Waals surface area contributed by atoms with E-state index in [1.807, 2.05) is 0 Å². The second-order valence-corrected chi connectivity index (χ2v) is 8.02. The van der Waals surface area contributed by atoms with Gasteiger partial charge >= 0.3 is 88.7 Å². The third-order valence-corrected chi connectivity index (χ3v) is 5.54. The molecule has 0 saturated carbocycles. The van der Waals surface area contributed by atoms with Crippen molar-refractivity contribution in [2.24, 2.45) is 0 Å². The maximum absolute atomic E-state index is 11.6. The number of carboxylic acid groups (broad SMARTS) is 3. The molecule has 0 aromatic carbocycles. The molecule has 0 aromatic heterocycles. The van der Waals surface area contributed by atoms with Crippen molar-refractivity contribution in [3.8, 4) is 0 Å². The van der Waals surface area contributed by atoms with Gasteiger partial charge in [-0.05, 0) is 0 Å². The van der Waals surface area contributed by atoms with E-state index in [-0.39, 0.29) is 95.0 Å². The van der Waals surface area contributed by atoms with Crippen LogP contribution in [0.4, 0.5) is 0 Å². The van der Waals surface area contributed by atoms with Gasteiger partial charge in [0, 0.05) is 0 Å². The first-order valence-corrected chi connectivity index (χ1v) is 10.3. The van der Waals surface area contributed by atoms with E-state index in [9.17, 15) is 75.3 Å². The number of hydrogen-bond donors (Lipinski definition) is 8. The number of ether oxygens (including phenoxy) is 4. The number of carbonyl (C=O) groups excluding carboxylic acids is 4. The number of aliphatic hydroxyl groups is 8. The van der Waals surface area contributed by atoms with Crippen LogP contribution >= 0.6 is 0 Å².